The Morgan fingerprint density at radius 1 is 1.18 bits per heavy atom. The van der Waals surface area contributed by atoms with Crippen LogP contribution >= 0.6 is 12.2 Å². The maximum absolute atomic E-state index is 13.1. The van der Waals surface area contributed by atoms with E-state index in [-0.39, 0.29) is 17.6 Å². The molecule has 0 bridgehead atoms. The number of alkyl halides is 3. The summed E-state index contributed by atoms with van der Waals surface area (Å²) in [4.78, 5) is 11.1. The zero-order valence-electron chi connectivity index (χ0n) is 15.1. The highest BCUT2D eigenvalue weighted by molar-refractivity contribution is 7.80. The Labute approximate surface area is 166 Å². The van der Waals surface area contributed by atoms with Crippen molar-refractivity contribution in [3.05, 3.63) is 59.7 Å². The molecule has 1 amide bonds. The molecule has 0 aliphatic rings. The molecule has 5 N–H and O–H groups in total. The molecule has 5 nitrogen and oxygen atoms in total. The van der Waals surface area contributed by atoms with Crippen LogP contribution in [0.2, 0.25) is 0 Å². The molecule has 1 unspecified atom stereocenters. The van der Waals surface area contributed by atoms with E-state index in [9.17, 15) is 18.0 Å². The summed E-state index contributed by atoms with van der Waals surface area (Å²) in [6.07, 6.45) is -4.11. The molecule has 0 radical (unpaired) electrons. The molecule has 1 atom stereocenters. The van der Waals surface area contributed by atoms with Gasteiger partial charge < -0.3 is 21.7 Å². The molecule has 0 aliphatic carbocycles. The van der Waals surface area contributed by atoms with Crippen molar-refractivity contribution in [2.24, 2.45) is 0 Å². The molecule has 2 aromatic rings. The predicted molar refractivity (Wildman–Crippen MR) is 108 cm³/mol. The smallest absolute Gasteiger partial charge is 0.397 e. The number of thiocarbonyl (C=S) groups is 1. The van der Waals surface area contributed by atoms with Gasteiger partial charge >= 0.3 is 6.18 Å². The largest absolute Gasteiger partial charge is 0.416 e. The van der Waals surface area contributed by atoms with Gasteiger partial charge in [-0.3, -0.25) is 4.79 Å². The Morgan fingerprint density at radius 2 is 1.89 bits per heavy atom. The number of nitrogen functional groups attached to an aromatic ring is 1. The first kappa shape index (κ1) is 21.5. The lowest BCUT2D eigenvalue weighted by Crippen LogP contribution is -2.35. The molecular formula is C19H21F3N4OS. The van der Waals surface area contributed by atoms with Crippen molar-refractivity contribution >= 4 is 34.6 Å². The summed E-state index contributed by atoms with van der Waals surface area (Å²) >= 11 is 5.29. The second-order valence-electron chi connectivity index (χ2n) is 6.13. The molecule has 0 saturated carbocycles. The monoisotopic (exact) mass is 410 g/mol. The number of hydrogen-bond donors (Lipinski definition) is 4. The van der Waals surface area contributed by atoms with Gasteiger partial charge in [-0.2, -0.15) is 13.2 Å². The second kappa shape index (κ2) is 9.41. The van der Waals surface area contributed by atoms with E-state index in [0.29, 0.717) is 23.4 Å². The standard InChI is InChI=1S/C19H21F3N4OS/c1-12(27)24-10-9-16(13-5-4-6-14(11-13)19(20,21)22)25-18(28)26-17-8-3-2-7-15(17)23/h2-8,11,16H,9-10,23H2,1H3,(H,24,27)(H2,25,26,28). The average Bonchev–Trinajstić information content (AvgIpc) is 2.62. The Morgan fingerprint density at radius 3 is 2.54 bits per heavy atom. The first-order chi connectivity index (χ1) is 13.2. The van der Waals surface area contributed by atoms with E-state index < -0.39 is 17.8 Å². The predicted octanol–water partition coefficient (Wildman–Crippen LogP) is 3.84. The third-order valence-corrected chi connectivity index (χ3v) is 4.16. The fourth-order valence-corrected chi connectivity index (χ4v) is 2.83. The van der Waals surface area contributed by atoms with Gasteiger partial charge in [0.1, 0.15) is 0 Å². The molecular weight excluding hydrogens is 389 g/mol. The number of anilines is 2. The zero-order valence-corrected chi connectivity index (χ0v) is 16.0. The summed E-state index contributed by atoms with van der Waals surface area (Å²) in [6, 6.07) is 11.5. The quantitative estimate of drug-likeness (QED) is 0.430. The first-order valence-corrected chi connectivity index (χ1v) is 8.91. The van der Waals surface area contributed by atoms with E-state index in [4.69, 9.17) is 18.0 Å². The van der Waals surface area contributed by atoms with Gasteiger partial charge in [0.15, 0.2) is 5.11 Å². The number of para-hydroxylation sites is 2. The molecule has 0 fully saturated rings. The van der Waals surface area contributed by atoms with E-state index in [0.717, 1.165) is 12.1 Å². The third kappa shape index (κ3) is 6.41. The lowest BCUT2D eigenvalue weighted by Gasteiger charge is -2.23. The van der Waals surface area contributed by atoms with Gasteiger partial charge in [0.05, 0.1) is 23.0 Å². The van der Waals surface area contributed by atoms with E-state index in [2.05, 4.69) is 16.0 Å². The molecule has 0 heterocycles. The fourth-order valence-electron chi connectivity index (χ4n) is 2.57. The lowest BCUT2D eigenvalue weighted by atomic mass is 10.0. The molecule has 2 rings (SSSR count). The van der Waals surface area contributed by atoms with Crippen molar-refractivity contribution in [3.8, 4) is 0 Å². The Balaban J connectivity index is 2.18. The molecule has 0 spiro atoms. The number of carbonyl (C=O) groups is 1. The number of benzene rings is 2. The average molecular weight is 410 g/mol. The molecule has 0 aliphatic heterocycles. The number of amides is 1. The minimum atomic E-state index is -4.45. The maximum Gasteiger partial charge on any atom is 0.416 e. The van der Waals surface area contributed by atoms with E-state index in [1.165, 1.54) is 13.0 Å². The van der Waals surface area contributed by atoms with Crippen molar-refractivity contribution in [2.75, 3.05) is 17.6 Å². The summed E-state index contributed by atoms with van der Waals surface area (Å²) in [5, 5.41) is 8.80. The van der Waals surface area contributed by atoms with Crippen LogP contribution in [0.4, 0.5) is 24.5 Å². The summed E-state index contributed by atoms with van der Waals surface area (Å²) < 4.78 is 39.2. The molecule has 0 saturated heterocycles. The topological polar surface area (TPSA) is 79.2 Å². The third-order valence-electron chi connectivity index (χ3n) is 3.94. The summed E-state index contributed by atoms with van der Waals surface area (Å²) in [5.74, 6) is -0.222. The fraction of sp³-hybridized carbons (Fsp3) is 0.263. The normalized spacial score (nSPS) is 12.1. The Hall–Kier alpha value is -2.81. The first-order valence-electron chi connectivity index (χ1n) is 8.50. The van der Waals surface area contributed by atoms with Crippen LogP contribution in [0.3, 0.4) is 0 Å². The number of hydrogen-bond acceptors (Lipinski definition) is 3. The van der Waals surface area contributed by atoms with E-state index in [1.807, 2.05) is 0 Å². The number of halogens is 3. The second-order valence-corrected chi connectivity index (χ2v) is 6.54. The minimum absolute atomic E-state index is 0.211. The van der Waals surface area contributed by atoms with Gasteiger partial charge in [0.2, 0.25) is 5.91 Å². The van der Waals surface area contributed by atoms with Crippen LogP contribution in [0.25, 0.3) is 0 Å². The van der Waals surface area contributed by atoms with E-state index >= 15 is 0 Å². The van der Waals surface area contributed by atoms with Gasteiger partial charge in [-0.25, -0.2) is 0 Å². The van der Waals surface area contributed by atoms with Crippen LogP contribution in [0.15, 0.2) is 48.5 Å². The number of carbonyl (C=O) groups excluding carboxylic acids is 1. The van der Waals surface area contributed by atoms with E-state index in [1.54, 1.807) is 30.3 Å². The summed E-state index contributed by atoms with van der Waals surface area (Å²) in [7, 11) is 0. The summed E-state index contributed by atoms with van der Waals surface area (Å²) in [5.41, 5.74) is 6.60. The number of nitrogens with two attached hydrogens (primary N) is 1. The Bertz CT molecular complexity index is 842. The number of nitrogens with one attached hydrogen (secondary N) is 3. The van der Waals surface area contributed by atoms with Crippen LogP contribution in [0.1, 0.15) is 30.5 Å². The van der Waals surface area contributed by atoms with Gasteiger partial charge in [0.25, 0.3) is 0 Å². The molecule has 9 heteroatoms. The van der Waals surface area contributed by atoms with Crippen LogP contribution in [0, 0.1) is 0 Å². The highest BCUT2D eigenvalue weighted by atomic mass is 32.1. The summed E-state index contributed by atoms with van der Waals surface area (Å²) in [6.45, 7) is 1.65. The van der Waals surface area contributed by atoms with Crippen LogP contribution in [0.5, 0.6) is 0 Å². The van der Waals surface area contributed by atoms with Gasteiger partial charge in [-0.05, 0) is 48.5 Å². The van der Waals surface area contributed by atoms with Crippen molar-refractivity contribution in [1.82, 2.24) is 10.6 Å². The number of rotatable bonds is 6. The highest BCUT2D eigenvalue weighted by Crippen LogP contribution is 2.31. The molecule has 2 aromatic carbocycles. The SMILES string of the molecule is CC(=O)NCCC(NC(=S)Nc1ccccc1N)c1cccc(C(F)(F)F)c1. The Kier molecular flexibility index (Phi) is 7.22. The minimum Gasteiger partial charge on any atom is -0.397 e. The highest BCUT2D eigenvalue weighted by Gasteiger charge is 2.31. The van der Waals surface area contributed by atoms with Crippen molar-refractivity contribution < 1.29 is 18.0 Å². The lowest BCUT2D eigenvalue weighted by molar-refractivity contribution is -0.137. The maximum atomic E-state index is 13.1. The van der Waals surface area contributed by atoms with Crippen LogP contribution < -0.4 is 21.7 Å². The molecule has 28 heavy (non-hydrogen) atoms. The zero-order chi connectivity index (χ0) is 20.7. The molecule has 0 aromatic heterocycles. The van der Waals surface area contributed by atoms with Crippen molar-refractivity contribution in [1.29, 1.82) is 0 Å². The van der Waals surface area contributed by atoms with Crippen LogP contribution in [-0.4, -0.2) is 17.6 Å². The molecule has 150 valence electrons. The van der Waals surface area contributed by atoms with Crippen molar-refractivity contribution in [3.63, 3.8) is 0 Å². The van der Waals surface area contributed by atoms with Gasteiger partial charge in [-0.15, -0.1) is 0 Å². The van der Waals surface area contributed by atoms with Gasteiger partial charge in [-0.1, -0.05) is 24.3 Å². The van der Waals surface area contributed by atoms with Crippen molar-refractivity contribution in [2.45, 2.75) is 25.6 Å². The van der Waals surface area contributed by atoms with Gasteiger partial charge in [0, 0.05) is 13.5 Å². The van der Waals surface area contributed by atoms with Crippen LogP contribution in [-0.2, 0) is 11.0 Å².